The Morgan fingerprint density at radius 2 is 2.27 bits per heavy atom. The Hall–Kier alpha value is -2.06. The maximum atomic E-state index is 6.01. The minimum atomic E-state index is 0.397. The smallest absolute Gasteiger partial charge is 0.276 e. The molecule has 2 aromatic heterocycles. The van der Waals surface area contributed by atoms with Gasteiger partial charge in [-0.15, -0.1) is 10.2 Å². The molecule has 1 aromatic carbocycles. The minimum absolute atomic E-state index is 0.397. The first-order valence-corrected chi connectivity index (χ1v) is 7.71. The van der Waals surface area contributed by atoms with Gasteiger partial charge in [0, 0.05) is 16.3 Å². The molecule has 22 heavy (non-hydrogen) atoms. The van der Waals surface area contributed by atoms with Crippen LogP contribution in [0.2, 0.25) is 5.02 Å². The predicted octanol–water partition coefficient (Wildman–Crippen LogP) is 2.66. The number of aromatic nitrogens is 5. The summed E-state index contributed by atoms with van der Waals surface area (Å²) < 4.78 is 12.5. The molecule has 0 aliphatic heterocycles. The molecule has 0 spiro atoms. The maximum absolute atomic E-state index is 6.01. The van der Waals surface area contributed by atoms with Crippen molar-refractivity contribution in [2.75, 3.05) is 7.11 Å². The number of benzene rings is 1. The zero-order valence-corrected chi connectivity index (χ0v) is 13.2. The van der Waals surface area contributed by atoms with Crippen molar-refractivity contribution in [1.82, 2.24) is 25.0 Å². The van der Waals surface area contributed by atoms with Crippen LogP contribution in [0, 0.1) is 0 Å². The summed E-state index contributed by atoms with van der Waals surface area (Å²) in [7, 11) is 1.63. The number of hydrogen-bond acceptors (Lipinski definition) is 7. The van der Waals surface area contributed by atoms with Crippen molar-refractivity contribution in [3.8, 4) is 5.75 Å². The van der Waals surface area contributed by atoms with Crippen molar-refractivity contribution in [3.63, 3.8) is 0 Å². The second-order valence-electron chi connectivity index (χ2n) is 4.30. The van der Waals surface area contributed by atoms with Gasteiger partial charge in [-0.05, 0) is 18.2 Å². The molecule has 0 saturated heterocycles. The highest BCUT2D eigenvalue weighted by atomic mass is 35.5. The zero-order chi connectivity index (χ0) is 15.4. The average molecular weight is 338 g/mol. The third-order valence-electron chi connectivity index (χ3n) is 2.81. The van der Waals surface area contributed by atoms with E-state index in [1.54, 1.807) is 24.2 Å². The Kier molecular flexibility index (Phi) is 4.59. The van der Waals surface area contributed by atoms with Gasteiger partial charge in [-0.25, -0.2) is 9.67 Å². The topological polar surface area (TPSA) is 78.9 Å². The number of rotatable bonds is 6. The summed E-state index contributed by atoms with van der Waals surface area (Å²) in [6.45, 7) is 0.397. The van der Waals surface area contributed by atoms with Crippen molar-refractivity contribution in [2.24, 2.45) is 0 Å². The summed E-state index contributed by atoms with van der Waals surface area (Å²) in [4.78, 5) is 3.86. The molecule has 0 aliphatic carbocycles. The molecule has 9 heteroatoms. The third kappa shape index (κ3) is 3.58. The molecular weight excluding hydrogens is 326 g/mol. The normalized spacial score (nSPS) is 10.8. The van der Waals surface area contributed by atoms with Crippen LogP contribution in [-0.4, -0.2) is 32.1 Å². The molecule has 0 bridgehead atoms. The highest BCUT2D eigenvalue weighted by molar-refractivity contribution is 7.98. The van der Waals surface area contributed by atoms with Crippen LogP contribution >= 0.6 is 23.4 Å². The van der Waals surface area contributed by atoms with Crippen LogP contribution in [0.25, 0.3) is 0 Å². The number of thioether (sulfide) groups is 1. The molecule has 7 nitrogen and oxygen atoms in total. The van der Waals surface area contributed by atoms with Gasteiger partial charge in [-0.2, -0.15) is 5.10 Å². The lowest BCUT2D eigenvalue weighted by Crippen LogP contribution is -1.99. The van der Waals surface area contributed by atoms with Gasteiger partial charge in [0.2, 0.25) is 5.89 Å². The van der Waals surface area contributed by atoms with Gasteiger partial charge < -0.3 is 9.15 Å². The molecule has 0 atom stereocenters. The fourth-order valence-corrected chi connectivity index (χ4v) is 2.77. The Balaban J connectivity index is 1.64. The fraction of sp³-hybridized carbons (Fsp3) is 0.231. The molecule has 0 fully saturated rings. The summed E-state index contributed by atoms with van der Waals surface area (Å²) in [6.07, 6.45) is 3.05. The van der Waals surface area contributed by atoms with Gasteiger partial charge in [0.25, 0.3) is 5.22 Å². The maximum Gasteiger partial charge on any atom is 0.276 e. The molecule has 3 aromatic rings. The summed E-state index contributed by atoms with van der Waals surface area (Å²) in [5.41, 5.74) is 0.969. The standard InChI is InChI=1S/C13H12ClN5O2S/c1-20-11-3-2-10(14)4-9(11)6-22-13-18-17-12(21-13)5-19-8-15-7-16-19/h2-4,7-8H,5-6H2,1H3. The second kappa shape index (κ2) is 6.80. The first-order chi connectivity index (χ1) is 10.7. The lowest BCUT2D eigenvalue weighted by atomic mass is 10.2. The number of nitrogens with zero attached hydrogens (tertiary/aromatic N) is 5. The van der Waals surface area contributed by atoms with Crippen LogP contribution < -0.4 is 4.74 Å². The van der Waals surface area contributed by atoms with Crippen molar-refractivity contribution >= 4 is 23.4 Å². The first kappa shape index (κ1) is 14.9. The summed E-state index contributed by atoms with van der Waals surface area (Å²) in [5.74, 6) is 1.87. The molecule has 0 aliphatic rings. The molecule has 0 amide bonds. The van der Waals surface area contributed by atoms with E-state index >= 15 is 0 Å². The molecule has 0 saturated carbocycles. The Morgan fingerprint density at radius 3 is 3.05 bits per heavy atom. The van der Waals surface area contributed by atoms with E-state index in [1.807, 2.05) is 12.1 Å². The molecule has 3 rings (SSSR count). The largest absolute Gasteiger partial charge is 0.496 e. The molecular formula is C13H12ClN5O2S. The lowest BCUT2D eigenvalue weighted by molar-refractivity contribution is 0.397. The molecule has 114 valence electrons. The van der Waals surface area contributed by atoms with Crippen LogP contribution in [-0.2, 0) is 12.3 Å². The van der Waals surface area contributed by atoms with Crippen molar-refractivity contribution in [3.05, 3.63) is 47.3 Å². The van der Waals surface area contributed by atoms with Crippen LogP contribution in [0.3, 0.4) is 0 Å². The molecule has 0 radical (unpaired) electrons. The van der Waals surface area contributed by atoms with Gasteiger partial charge in [-0.3, -0.25) is 0 Å². The van der Waals surface area contributed by atoms with Crippen molar-refractivity contribution in [1.29, 1.82) is 0 Å². The van der Waals surface area contributed by atoms with Gasteiger partial charge in [0.05, 0.1) is 7.11 Å². The zero-order valence-electron chi connectivity index (χ0n) is 11.6. The first-order valence-electron chi connectivity index (χ1n) is 6.34. The average Bonchev–Trinajstić information content (AvgIpc) is 3.18. The molecule has 0 N–H and O–H groups in total. The monoisotopic (exact) mass is 337 g/mol. The third-order valence-corrected chi connectivity index (χ3v) is 3.91. The Labute approximate surface area is 135 Å². The van der Waals surface area contributed by atoms with Crippen LogP contribution in [0.15, 0.2) is 40.5 Å². The summed E-state index contributed by atoms with van der Waals surface area (Å²) >= 11 is 7.43. The summed E-state index contributed by atoms with van der Waals surface area (Å²) in [6, 6.07) is 5.49. The lowest BCUT2D eigenvalue weighted by Gasteiger charge is -2.07. The Bertz CT molecular complexity index is 747. The number of halogens is 1. The van der Waals surface area contributed by atoms with E-state index in [0.717, 1.165) is 11.3 Å². The van der Waals surface area contributed by atoms with Crippen molar-refractivity contribution < 1.29 is 9.15 Å². The SMILES string of the molecule is COc1ccc(Cl)cc1CSc1nnc(Cn2cncn2)o1. The van der Waals surface area contributed by atoms with E-state index in [4.69, 9.17) is 20.8 Å². The fourth-order valence-electron chi connectivity index (χ4n) is 1.81. The van der Waals surface area contributed by atoms with E-state index in [9.17, 15) is 0 Å². The van der Waals surface area contributed by atoms with E-state index in [-0.39, 0.29) is 0 Å². The predicted molar refractivity (Wildman–Crippen MR) is 81.0 cm³/mol. The van der Waals surface area contributed by atoms with E-state index < -0.39 is 0 Å². The molecule has 0 unspecified atom stereocenters. The van der Waals surface area contributed by atoms with Crippen LogP contribution in [0.4, 0.5) is 0 Å². The Morgan fingerprint density at radius 1 is 1.36 bits per heavy atom. The quantitative estimate of drug-likeness (QED) is 0.640. The van der Waals surface area contributed by atoms with Gasteiger partial charge in [0.1, 0.15) is 24.9 Å². The van der Waals surface area contributed by atoms with Gasteiger partial charge >= 0.3 is 0 Å². The second-order valence-corrected chi connectivity index (χ2v) is 5.66. The van der Waals surface area contributed by atoms with Gasteiger partial charge in [-0.1, -0.05) is 23.4 Å². The minimum Gasteiger partial charge on any atom is -0.496 e. The van der Waals surface area contributed by atoms with E-state index in [2.05, 4.69) is 20.3 Å². The number of hydrogen-bond donors (Lipinski definition) is 0. The highest BCUT2D eigenvalue weighted by Crippen LogP contribution is 2.29. The summed E-state index contributed by atoms with van der Waals surface area (Å²) in [5, 5.41) is 13.1. The number of ether oxygens (including phenoxy) is 1. The molecule has 2 heterocycles. The van der Waals surface area contributed by atoms with Crippen molar-refractivity contribution in [2.45, 2.75) is 17.5 Å². The van der Waals surface area contributed by atoms with Gasteiger partial charge in [0.15, 0.2) is 0 Å². The highest BCUT2D eigenvalue weighted by Gasteiger charge is 2.10. The van der Waals surface area contributed by atoms with E-state index in [1.165, 1.54) is 18.1 Å². The van der Waals surface area contributed by atoms with E-state index in [0.29, 0.717) is 28.4 Å². The van der Waals surface area contributed by atoms with Crippen LogP contribution in [0.1, 0.15) is 11.5 Å². The number of methoxy groups -OCH3 is 1. The van der Waals surface area contributed by atoms with Crippen LogP contribution in [0.5, 0.6) is 5.75 Å².